The summed E-state index contributed by atoms with van der Waals surface area (Å²) in [6, 6.07) is 1.48. The third-order valence-corrected chi connectivity index (χ3v) is 3.69. The SMILES string of the molecule is Cc1ncsc1CN(C)c1cc(C(=O)O)c(N)cn1. The molecule has 6 nitrogen and oxygen atoms in total. The molecule has 0 aliphatic carbocycles. The lowest BCUT2D eigenvalue weighted by atomic mass is 10.2. The van der Waals surface area contributed by atoms with Crippen LogP contribution in [0.3, 0.4) is 0 Å². The average Bonchev–Trinajstić information content (AvgIpc) is 2.75. The van der Waals surface area contributed by atoms with E-state index in [1.165, 1.54) is 12.3 Å². The highest BCUT2D eigenvalue weighted by Crippen LogP contribution is 2.21. The summed E-state index contributed by atoms with van der Waals surface area (Å²) in [5.41, 5.74) is 8.58. The quantitative estimate of drug-likeness (QED) is 0.885. The molecule has 0 fully saturated rings. The molecule has 0 aromatic carbocycles. The summed E-state index contributed by atoms with van der Waals surface area (Å²) in [4.78, 5) is 22.4. The average molecular weight is 278 g/mol. The van der Waals surface area contributed by atoms with E-state index in [2.05, 4.69) is 9.97 Å². The molecule has 2 aromatic rings. The molecule has 0 atom stereocenters. The number of hydrogen-bond acceptors (Lipinski definition) is 6. The molecule has 2 aromatic heterocycles. The molecule has 0 radical (unpaired) electrons. The molecule has 2 heterocycles. The van der Waals surface area contributed by atoms with Crippen molar-refractivity contribution < 1.29 is 9.90 Å². The highest BCUT2D eigenvalue weighted by Gasteiger charge is 2.13. The van der Waals surface area contributed by atoms with Gasteiger partial charge < -0.3 is 15.7 Å². The molecular formula is C12H14N4O2S. The normalized spacial score (nSPS) is 10.4. The van der Waals surface area contributed by atoms with Crippen molar-refractivity contribution in [2.24, 2.45) is 0 Å². The van der Waals surface area contributed by atoms with Crippen LogP contribution in [-0.2, 0) is 6.54 Å². The summed E-state index contributed by atoms with van der Waals surface area (Å²) in [6.07, 6.45) is 1.37. The van der Waals surface area contributed by atoms with Gasteiger partial charge in [0.15, 0.2) is 0 Å². The maximum Gasteiger partial charge on any atom is 0.337 e. The second-order valence-corrected chi connectivity index (χ2v) is 5.09. The highest BCUT2D eigenvalue weighted by atomic mass is 32.1. The van der Waals surface area contributed by atoms with E-state index in [9.17, 15) is 4.79 Å². The van der Waals surface area contributed by atoms with Crippen molar-refractivity contribution in [3.63, 3.8) is 0 Å². The molecule has 2 rings (SSSR count). The number of aromatic nitrogens is 2. The lowest BCUT2D eigenvalue weighted by Crippen LogP contribution is -2.18. The summed E-state index contributed by atoms with van der Waals surface area (Å²) < 4.78 is 0. The Morgan fingerprint density at radius 2 is 2.26 bits per heavy atom. The first kappa shape index (κ1) is 13.3. The van der Waals surface area contributed by atoms with Crippen molar-refractivity contribution in [3.05, 3.63) is 33.9 Å². The van der Waals surface area contributed by atoms with Crippen molar-refractivity contribution in [2.45, 2.75) is 13.5 Å². The minimum Gasteiger partial charge on any atom is -0.478 e. The molecule has 0 unspecified atom stereocenters. The monoisotopic (exact) mass is 278 g/mol. The first-order chi connectivity index (χ1) is 8.99. The lowest BCUT2D eigenvalue weighted by molar-refractivity contribution is 0.0698. The van der Waals surface area contributed by atoms with Crippen LogP contribution in [0.2, 0.25) is 0 Å². The third-order valence-electron chi connectivity index (χ3n) is 2.77. The number of carboxylic acid groups (broad SMARTS) is 1. The zero-order valence-corrected chi connectivity index (χ0v) is 11.4. The smallest absolute Gasteiger partial charge is 0.337 e. The number of nitrogen functional groups attached to an aromatic ring is 1. The van der Waals surface area contributed by atoms with Gasteiger partial charge in [-0.3, -0.25) is 0 Å². The second kappa shape index (κ2) is 5.23. The van der Waals surface area contributed by atoms with Crippen LogP contribution in [0.5, 0.6) is 0 Å². The van der Waals surface area contributed by atoms with E-state index >= 15 is 0 Å². The Hall–Kier alpha value is -2.15. The van der Waals surface area contributed by atoms with Gasteiger partial charge in [0.1, 0.15) is 5.82 Å². The van der Waals surface area contributed by atoms with Gasteiger partial charge in [0.05, 0.1) is 35.2 Å². The number of carboxylic acids is 1. The number of thiazole rings is 1. The zero-order valence-electron chi connectivity index (χ0n) is 10.6. The summed E-state index contributed by atoms with van der Waals surface area (Å²) in [7, 11) is 1.85. The van der Waals surface area contributed by atoms with Gasteiger partial charge in [0.2, 0.25) is 0 Å². The van der Waals surface area contributed by atoms with Crippen LogP contribution in [0.1, 0.15) is 20.9 Å². The van der Waals surface area contributed by atoms with Crippen molar-refractivity contribution >= 4 is 28.8 Å². The van der Waals surface area contributed by atoms with E-state index in [-0.39, 0.29) is 11.3 Å². The van der Waals surface area contributed by atoms with E-state index in [4.69, 9.17) is 10.8 Å². The van der Waals surface area contributed by atoms with E-state index < -0.39 is 5.97 Å². The fourth-order valence-electron chi connectivity index (χ4n) is 1.62. The Morgan fingerprint density at radius 3 is 2.84 bits per heavy atom. The number of rotatable bonds is 4. The topological polar surface area (TPSA) is 92.3 Å². The number of aromatic carboxylic acids is 1. The van der Waals surface area contributed by atoms with Gasteiger partial charge in [-0.2, -0.15) is 0 Å². The van der Waals surface area contributed by atoms with Crippen molar-refractivity contribution in [2.75, 3.05) is 17.7 Å². The van der Waals surface area contributed by atoms with Gasteiger partial charge >= 0.3 is 5.97 Å². The maximum atomic E-state index is 11.0. The van der Waals surface area contributed by atoms with Gasteiger partial charge in [0.25, 0.3) is 0 Å². The van der Waals surface area contributed by atoms with Crippen LogP contribution in [0.25, 0.3) is 0 Å². The Kier molecular flexibility index (Phi) is 3.66. The van der Waals surface area contributed by atoms with Crippen LogP contribution >= 0.6 is 11.3 Å². The highest BCUT2D eigenvalue weighted by molar-refractivity contribution is 7.09. The van der Waals surface area contributed by atoms with Crippen LogP contribution in [0.15, 0.2) is 17.8 Å². The standard InChI is InChI=1S/C12H14N4O2S/c1-7-10(19-6-15-7)5-16(2)11-3-8(12(17)18)9(13)4-14-11/h3-4,6H,5,13H2,1-2H3,(H,17,18). The van der Waals surface area contributed by atoms with E-state index in [0.717, 1.165) is 10.6 Å². The maximum absolute atomic E-state index is 11.0. The number of nitrogens with zero attached hydrogens (tertiary/aromatic N) is 3. The van der Waals surface area contributed by atoms with Gasteiger partial charge in [-0.25, -0.2) is 14.8 Å². The van der Waals surface area contributed by atoms with Gasteiger partial charge in [-0.1, -0.05) is 0 Å². The summed E-state index contributed by atoms with van der Waals surface area (Å²) in [5, 5.41) is 9.04. The molecule has 0 amide bonds. The van der Waals surface area contributed by atoms with Gasteiger partial charge in [-0.15, -0.1) is 11.3 Å². The molecule has 7 heteroatoms. The Morgan fingerprint density at radius 1 is 1.53 bits per heavy atom. The molecule has 3 N–H and O–H groups in total. The minimum absolute atomic E-state index is 0.0675. The summed E-state index contributed by atoms with van der Waals surface area (Å²) in [6.45, 7) is 2.57. The second-order valence-electron chi connectivity index (χ2n) is 4.15. The first-order valence-corrected chi connectivity index (χ1v) is 6.46. The first-order valence-electron chi connectivity index (χ1n) is 5.58. The molecule has 0 spiro atoms. The summed E-state index contributed by atoms with van der Waals surface area (Å²) >= 11 is 1.56. The fourth-order valence-corrected chi connectivity index (χ4v) is 2.45. The Balaban J connectivity index is 2.24. The lowest BCUT2D eigenvalue weighted by Gasteiger charge is -2.18. The molecule has 0 saturated carbocycles. The molecule has 0 aliphatic heterocycles. The summed E-state index contributed by atoms with van der Waals surface area (Å²) in [5.74, 6) is -0.483. The fraction of sp³-hybridized carbons (Fsp3) is 0.250. The largest absolute Gasteiger partial charge is 0.478 e. The zero-order chi connectivity index (χ0) is 14.0. The van der Waals surface area contributed by atoms with E-state index in [1.54, 1.807) is 16.8 Å². The Bertz CT molecular complexity index is 612. The van der Waals surface area contributed by atoms with Gasteiger partial charge in [0, 0.05) is 11.9 Å². The predicted octanol–water partition coefficient (Wildman–Crippen LogP) is 1.76. The number of aryl methyl sites for hydroxylation is 1. The molecular weight excluding hydrogens is 264 g/mol. The van der Waals surface area contributed by atoms with Crippen LogP contribution in [0.4, 0.5) is 11.5 Å². The van der Waals surface area contributed by atoms with E-state index in [1.807, 2.05) is 18.9 Å². The Labute approximate surface area is 114 Å². The van der Waals surface area contributed by atoms with Crippen LogP contribution < -0.4 is 10.6 Å². The molecule has 19 heavy (non-hydrogen) atoms. The van der Waals surface area contributed by atoms with Crippen molar-refractivity contribution in [1.82, 2.24) is 9.97 Å². The van der Waals surface area contributed by atoms with Crippen molar-refractivity contribution in [1.29, 1.82) is 0 Å². The molecule has 0 aliphatic rings. The van der Waals surface area contributed by atoms with E-state index in [0.29, 0.717) is 12.4 Å². The van der Waals surface area contributed by atoms with Crippen LogP contribution in [-0.4, -0.2) is 28.1 Å². The van der Waals surface area contributed by atoms with Crippen molar-refractivity contribution in [3.8, 4) is 0 Å². The molecule has 0 bridgehead atoms. The number of hydrogen-bond donors (Lipinski definition) is 2. The number of pyridine rings is 1. The molecule has 100 valence electrons. The van der Waals surface area contributed by atoms with Crippen LogP contribution in [0, 0.1) is 6.92 Å². The third kappa shape index (κ3) is 2.82. The predicted molar refractivity (Wildman–Crippen MR) is 74.6 cm³/mol. The minimum atomic E-state index is -1.05. The molecule has 0 saturated heterocycles. The number of carbonyl (C=O) groups is 1. The number of nitrogens with two attached hydrogens (primary N) is 1. The number of anilines is 2. The van der Waals surface area contributed by atoms with Gasteiger partial charge in [-0.05, 0) is 13.0 Å².